The van der Waals surface area contributed by atoms with Crippen LogP contribution < -0.4 is 10.6 Å². The van der Waals surface area contributed by atoms with Crippen LogP contribution in [0.3, 0.4) is 0 Å². The van der Waals surface area contributed by atoms with Crippen molar-refractivity contribution in [2.24, 2.45) is 0 Å². The second-order valence-electron chi connectivity index (χ2n) is 5.69. The topological polar surface area (TPSA) is 87.4 Å². The molecule has 0 atom stereocenters. The molecule has 6 nitrogen and oxygen atoms in total. The molecule has 1 amide bonds. The summed E-state index contributed by atoms with van der Waals surface area (Å²) in [7, 11) is 0. The summed E-state index contributed by atoms with van der Waals surface area (Å²) in [5.74, 6) is 0.0768. The summed E-state index contributed by atoms with van der Waals surface area (Å²) in [6.45, 7) is 9.38. The van der Waals surface area contributed by atoms with Gasteiger partial charge in [0.1, 0.15) is 6.61 Å². The minimum absolute atomic E-state index is 0.0950. The summed E-state index contributed by atoms with van der Waals surface area (Å²) in [5, 5.41) is 19.4. The molecule has 1 rings (SSSR count). The second-order valence-corrected chi connectivity index (χ2v) is 5.69. The Morgan fingerprint density at radius 3 is 2.50 bits per heavy atom. The first kappa shape index (κ1) is 18.6. The van der Waals surface area contributed by atoms with Crippen molar-refractivity contribution in [1.82, 2.24) is 15.8 Å². The van der Waals surface area contributed by atoms with Crippen LogP contribution in [0.1, 0.15) is 68.3 Å². The largest absolute Gasteiger partial charge is 0.388 e. The molecule has 0 aliphatic carbocycles. The molecule has 0 aliphatic heterocycles. The Kier molecular flexibility index (Phi) is 7.55. The number of aliphatic hydroxyl groups is 1. The standard InChI is InChI=1S/C16H29N3O3/c1-5-8-9-18-16(6-2,7-3)11-17-15(21)14-12(4)13(10-20)22-19-14/h18,20H,5-11H2,1-4H3,(H,17,21). The van der Waals surface area contributed by atoms with Crippen molar-refractivity contribution in [2.45, 2.75) is 65.5 Å². The Morgan fingerprint density at radius 2 is 2.00 bits per heavy atom. The van der Waals surface area contributed by atoms with Gasteiger partial charge in [0, 0.05) is 17.6 Å². The lowest BCUT2D eigenvalue weighted by Crippen LogP contribution is -2.53. The third-order valence-corrected chi connectivity index (χ3v) is 4.35. The number of aliphatic hydroxyl groups excluding tert-OH is 1. The highest BCUT2D eigenvalue weighted by Crippen LogP contribution is 2.16. The van der Waals surface area contributed by atoms with E-state index in [1.165, 1.54) is 0 Å². The van der Waals surface area contributed by atoms with Gasteiger partial charge < -0.3 is 20.3 Å². The van der Waals surface area contributed by atoms with Gasteiger partial charge in [-0.3, -0.25) is 4.79 Å². The number of carbonyl (C=O) groups is 1. The lowest BCUT2D eigenvalue weighted by molar-refractivity contribution is 0.0926. The van der Waals surface area contributed by atoms with Crippen LogP contribution in [0.25, 0.3) is 0 Å². The molecule has 3 N–H and O–H groups in total. The van der Waals surface area contributed by atoms with Gasteiger partial charge >= 0.3 is 0 Å². The minimum Gasteiger partial charge on any atom is -0.388 e. The normalized spacial score (nSPS) is 11.7. The molecule has 126 valence electrons. The van der Waals surface area contributed by atoms with Crippen LogP contribution in [0.4, 0.5) is 0 Å². The number of hydrogen-bond donors (Lipinski definition) is 3. The van der Waals surface area contributed by atoms with E-state index in [-0.39, 0.29) is 23.7 Å². The van der Waals surface area contributed by atoms with Gasteiger partial charge in [0.2, 0.25) is 0 Å². The van der Waals surface area contributed by atoms with Crippen molar-refractivity contribution in [2.75, 3.05) is 13.1 Å². The molecule has 0 spiro atoms. The Labute approximate surface area is 132 Å². The van der Waals surface area contributed by atoms with Crippen LogP contribution in [0.15, 0.2) is 4.52 Å². The van der Waals surface area contributed by atoms with Gasteiger partial charge in [0.05, 0.1) is 0 Å². The maximum Gasteiger partial charge on any atom is 0.273 e. The van der Waals surface area contributed by atoms with Crippen LogP contribution in [0.5, 0.6) is 0 Å². The predicted molar refractivity (Wildman–Crippen MR) is 85.7 cm³/mol. The molecule has 0 saturated heterocycles. The van der Waals surface area contributed by atoms with E-state index >= 15 is 0 Å². The van der Waals surface area contributed by atoms with E-state index in [9.17, 15) is 4.79 Å². The summed E-state index contributed by atoms with van der Waals surface area (Å²) in [6, 6.07) is 0. The zero-order valence-corrected chi connectivity index (χ0v) is 14.2. The molecule has 0 fully saturated rings. The van der Waals surface area contributed by atoms with Crippen molar-refractivity contribution >= 4 is 5.91 Å². The fraction of sp³-hybridized carbons (Fsp3) is 0.750. The fourth-order valence-electron chi connectivity index (χ4n) is 2.40. The van der Waals surface area contributed by atoms with E-state index in [1.54, 1.807) is 6.92 Å². The highest BCUT2D eigenvalue weighted by molar-refractivity contribution is 5.93. The Hall–Kier alpha value is -1.40. The van der Waals surface area contributed by atoms with E-state index < -0.39 is 0 Å². The summed E-state index contributed by atoms with van der Waals surface area (Å²) in [5.41, 5.74) is 0.749. The Bertz CT molecular complexity index is 467. The van der Waals surface area contributed by atoms with Crippen molar-refractivity contribution in [3.8, 4) is 0 Å². The third-order valence-electron chi connectivity index (χ3n) is 4.35. The minimum atomic E-state index is -0.260. The van der Waals surface area contributed by atoms with Gasteiger partial charge in [-0.15, -0.1) is 0 Å². The summed E-state index contributed by atoms with van der Waals surface area (Å²) < 4.78 is 4.95. The van der Waals surface area contributed by atoms with Gasteiger partial charge in [0.25, 0.3) is 5.91 Å². The first-order valence-corrected chi connectivity index (χ1v) is 8.12. The molecule has 1 aromatic heterocycles. The van der Waals surface area contributed by atoms with Crippen molar-refractivity contribution in [1.29, 1.82) is 0 Å². The summed E-state index contributed by atoms with van der Waals surface area (Å²) in [6.07, 6.45) is 4.14. The van der Waals surface area contributed by atoms with E-state index in [4.69, 9.17) is 9.63 Å². The van der Waals surface area contributed by atoms with Gasteiger partial charge in [-0.25, -0.2) is 0 Å². The van der Waals surface area contributed by atoms with Crippen LogP contribution in [0.2, 0.25) is 0 Å². The molecule has 0 aliphatic rings. The van der Waals surface area contributed by atoms with E-state index in [2.05, 4.69) is 36.6 Å². The highest BCUT2D eigenvalue weighted by atomic mass is 16.5. The number of rotatable bonds is 10. The van der Waals surface area contributed by atoms with Crippen molar-refractivity contribution < 1.29 is 14.4 Å². The average Bonchev–Trinajstić information content (AvgIpc) is 2.91. The SMILES string of the molecule is CCCCNC(CC)(CC)CNC(=O)c1noc(CO)c1C. The van der Waals surface area contributed by atoms with Crippen LogP contribution in [-0.4, -0.2) is 34.8 Å². The molecule has 22 heavy (non-hydrogen) atoms. The first-order valence-electron chi connectivity index (χ1n) is 8.12. The molecule has 0 radical (unpaired) electrons. The number of carbonyl (C=O) groups excluding carboxylic acids is 1. The second kappa shape index (κ2) is 8.90. The van der Waals surface area contributed by atoms with Gasteiger partial charge in [-0.2, -0.15) is 0 Å². The lowest BCUT2D eigenvalue weighted by Gasteiger charge is -2.33. The number of amides is 1. The predicted octanol–water partition coefficient (Wildman–Crippen LogP) is 2.15. The van der Waals surface area contributed by atoms with Crippen LogP contribution in [-0.2, 0) is 6.61 Å². The monoisotopic (exact) mass is 311 g/mol. The summed E-state index contributed by atoms with van der Waals surface area (Å²) in [4.78, 5) is 12.3. The molecular formula is C16H29N3O3. The van der Waals surface area contributed by atoms with E-state index in [0.717, 1.165) is 32.2 Å². The van der Waals surface area contributed by atoms with Crippen LogP contribution in [0, 0.1) is 6.92 Å². The van der Waals surface area contributed by atoms with Gasteiger partial charge in [0.15, 0.2) is 11.5 Å². The number of unbranched alkanes of at least 4 members (excludes halogenated alkanes) is 1. The molecule has 0 unspecified atom stereocenters. The van der Waals surface area contributed by atoms with Crippen LogP contribution >= 0.6 is 0 Å². The molecular weight excluding hydrogens is 282 g/mol. The molecule has 1 heterocycles. The zero-order chi connectivity index (χ0) is 16.6. The zero-order valence-electron chi connectivity index (χ0n) is 14.2. The first-order chi connectivity index (χ1) is 10.5. The maximum atomic E-state index is 12.3. The van der Waals surface area contributed by atoms with E-state index in [0.29, 0.717) is 17.9 Å². The van der Waals surface area contributed by atoms with Crippen molar-refractivity contribution in [3.63, 3.8) is 0 Å². The van der Waals surface area contributed by atoms with Crippen molar-refractivity contribution in [3.05, 3.63) is 17.0 Å². The smallest absolute Gasteiger partial charge is 0.273 e. The average molecular weight is 311 g/mol. The number of aromatic nitrogens is 1. The maximum absolute atomic E-state index is 12.3. The summed E-state index contributed by atoms with van der Waals surface area (Å²) >= 11 is 0. The lowest BCUT2D eigenvalue weighted by atomic mass is 9.92. The Balaban J connectivity index is 2.67. The molecule has 0 aromatic carbocycles. The molecule has 6 heteroatoms. The molecule has 1 aromatic rings. The number of nitrogens with one attached hydrogen (secondary N) is 2. The highest BCUT2D eigenvalue weighted by Gasteiger charge is 2.27. The fourth-order valence-corrected chi connectivity index (χ4v) is 2.40. The Morgan fingerprint density at radius 1 is 1.32 bits per heavy atom. The van der Waals surface area contributed by atoms with E-state index in [1.807, 2.05) is 0 Å². The number of hydrogen-bond acceptors (Lipinski definition) is 5. The molecule has 0 bridgehead atoms. The molecule has 0 saturated carbocycles. The third kappa shape index (κ3) is 4.55. The number of nitrogens with zero attached hydrogens (tertiary/aromatic N) is 1. The quantitative estimate of drug-likeness (QED) is 0.576. The van der Waals surface area contributed by atoms with Gasteiger partial charge in [-0.1, -0.05) is 32.3 Å². The van der Waals surface area contributed by atoms with Gasteiger partial charge in [-0.05, 0) is 32.7 Å².